The summed E-state index contributed by atoms with van der Waals surface area (Å²) in [4.78, 5) is 0. The third-order valence-corrected chi connectivity index (χ3v) is 4.50. The predicted octanol–water partition coefficient (Wildman–Crippen LogP) is 4.27. The lowest BCUT2D eigenvalue weighted by Gasteiger charge is -2.12. The van der Waals surface area contributed by atoms with Gasteiger partial charge in [0, 0.05) is 18.6 Å². The van der Waals surface area contributed by atoms with E-state index >= 15 is 0 Å². The fourth-order valence-corrected chi connectivity index (χ4v) is 2.66. The molecule has 0 aromatic heterocycles. The van der Waals surface area contributed by atoms with Crippen molar-refractivity contribution in [3.63, 3.8) is 0 Å². The minimum Gasteiger partial charge on any atom is -0.396 e. The smallest absolute Gasteiger partial charge is 0.0499 e. The molecule has 1 saturated carbocycles. The fourth-order valence-electron chi connectivity index (χ4n) is 2.66. The van der Waals surface area contributed by atoms with Gasteiger partial charge in [0.1, 0.15) is 0 Å². The van der Waals surface area contributed by atoms with E-state index in [9.17, 15) is 5.11 Å². The van der Waals surface area contributed by atoms with Crippen LogP contribution in [-0.2, 0) is 0 Å². The van der Waals surface area contributed by atoms with Gasteiger partial charge in [-0.25, -0.2) is 0 Å². The zero-order valence-corrected chi connectivity index (χ0v) is 13.1. The number of rotatable bonds is 14. The molecule has 0 saturated heterocycles. The Morgan fingerprint density at radius 3 is 1.84 bits per heavy atom. The van der Waals surface area contributed by atoms with E-state index in [0.717, 1.165) is 13.1 Å². The standard InChI is InChI=1S/C17H35NO/c1-2-3-4-5-6-7-8-9-10-11-14-18-15-17(16-19)12-13-17/h18-19H,2-16H2,1H3. The van der Waals surface area contributed by atoms with Crippen LogP contribution in [0.15, 0.2) is 0 Å². The van der Waals surface area contributed by atoms with Crippen molar-refractivity contribution in [3.05, 3.63) is 0 Å². The molecule has 0 aromatic rings. The predicted molar refractivity (Wildman–Crippen MR) is 83.5 cm³/mol. The number of hydrogen-bond donors (Lipinski definition) is 2. The van der Waals surface area contributed by atoms with E-state index in [1.165, 1.54) is 77.0 Å². The normalized spacial score (nSPS) is 16.7. The highest BCUT2D eigenvalue weighted by atomic mass is 16.3. The molecule has 1 aliphatic carbocycles. The van der Waals surface area contributed by atoms with Gasteiger partial charge in [-0.3, -0.25) is 0 Å². The number of unbranched alkanes of at least 4 members (excludes halogenated alkanes) is 9. The SMILES string of the molecule is CCCCCCCCCCCCNCC1(CO)CC1. The molecule has 1 fully saturated rings. The van der Waals surface area contributed by atoms with Gasteiger partial charge in [0.15, 0.2) is 0 Å². The molecule has 1 aliphatic rings. The first-order valence-corrected chi connectivity index (χ1v) is 8.64. The molecule has 0 aromatic carbocycles. The van der Waals surface area contributed by atoms with Crippen molar-refractivity contribution in [1.29, 1.82) is 0 Å². The van der Waals surface area contributed by atoms with Gasteiger partial charge >= 0.3 is 0 Å². The van der Waals surface area contributed by atoms with E-state index in [1.807, 2.05) is 0 Å². The Kier molecular flexibility index (Phi) is 9.54. The van der Waals surface area contributed by atoms with Crippen molar-refractivity contribution in [2.75, 3.05) is 19.7 Å². The van der Waals surface area contributed by atoms with E-state index in [2.05, 4.69) is 12.2 Å². The largest absolute Gasteiger partial charge is 0.396 e. The lowest BCUT2D eigenvalue weighted by Crippen LogP contribution is -2.27. The number of hydrogen-bond acceptors (Lipinski definition) is 2. The van der Waals surface area contributed by atoms with Crippen LogP contribution in [0.25, 0.3) is 0 Å². The molecular formula is C17H35NO. The van der Waals surface area contributed by atoms with Gasteiger partial charge in [0.05, 0.1) is 0 Å². The van der Waals surface area contributed by atoms with Crippen LogP contribution in [0.2, 0.25) is 0 Å². The van der Waals surface area contributed by atoms with Crippen LogP contribution in [0.5, 0.6) is 0 Å². The molecule has 2 N–H and O–H groups in total. The quantitative estimate of drug-likeness (QED) is 0.462. The molecule has 19 heavy (non-hydrogen) atoms. The molecule has 0 spiro atoms. The van der Waals surface area contributed by atoms with Crippen LogP contribution in [0.3, 0.4) is 0 Å². The summed E-state index contributed by atoms with van der Waals surface area (Å²) < 4.78 is 0. The van der Waals surface area contributed by atoms with Gasteiger partial charge in [0.25, 0.3) is 0 Å². The Balaban J connectivity index is 1.70. The first kappa shape index (κ1) is 17.0. The summed E-state index contributed by atoms with van der Waals surface area (Å²) in [6.07, 6.45) is 16.5. The van der Waals surface area contributed by atoms with E-state index in [4.69, 9.17) is 0 Å². The lowest BCUT2D eigenvalue weighted by atomic mass is 10.1. The van der Waals surface area contributed by atoms with Gasteiger partial charge in [-0.1, -0.05) is 64.7 Å². The first-order chi connectivity index (χ1) is 9.33. The highest BCUT2D eigenvalue weighted by Gasteiger charge is 2.41. The molecule has 2 heteroatoms. The zero-order chi connectivity index (χ0) is 13.8. The second-order valence-corrected chi connectivity index (χ2v) is 6.52. The Morgan fingerprint density at radius 2 is 1.37 bits per heavy atom. The van der Waals surface area contributed by atoms with E-state index < -0.39 is 0 Å². The van der Waals surface area contributed by atoms with Crippen LogP contribution in [0, 0.1) is 5.41 Å². The molecule has 0 heterocycles. The molecule has 114 valence electrons. The van der Waals surface area contributed by atoms with Crippen molar-refractivity contribution >= 4 is 0 Å². The van der Waals surface area contributed by atoms with Gasteiger partial charge in [-0.2, -0.15) is 0 Å². The number of aliphatic hydroxyl groups excluding tert-OH is 1. The molecule has 0 unspecified atom stereocenters. The van der Waals surface area contributed by atoms with Crippen LogP contribution in [-0.4, -0.2) is 24.8 Å². The summed E-state index contributed by atoms with van der Waals surface area (Å²) in [7, 11) is 0. The zero-order valence-electron chi connectivity index (χ0n) is 13.1. The summed E-state index contributed by atoms with van der Waals surface area (Å²) in [5.74, 6) is 0. The summed E-state index contributed by atoms with van der Waals surface area (Å²) in [5, 5.41) is 12.7. The molecule has 0 atom stereocenters. The molecular weight excluding hydrogens is 234 g/mol. The highest BCUT2D eigenvalue weighted by Crippen LogP contribution is 2.44. The Bertz CT molecular complexity index is 201. The van der Waals surface area contributed by atoms with Gasteiger partial charge in [0.2, 0.25) is 0 Å². The first-order valence-electron chi connectivity index (χ1n) is 8.64. The average Bonchev–Trinajstić information content (AvgIpc) is 3.21. The molecule has 0 radical (unpaired) electrons. The second-order valence-electron chi connectivity index (χ2n) is 6.52. The Morgan fingerprint density at radius 1 is 0.842 bits per heavy atom. The van der Waals surface area contributed by atoms with E-state index in [1.54, 1.807) is 0 Å². The molecule has 0 bridgehead atoms. The van der Waals surface area contributed by atoms with Crippen molar-refractivity contribution in [2.45, 2.75) is 84.0 Å². The number of aliphatic hydroxyl groups is 1. The summed E-state index contributed by atoms with van der Waals surface area (Å²) in [6, 6.07) is 0. The molecule has 2 nitrogen and oxygen atoms in total. The van der Waals surface area contributed by atoms with Gasteiger partial charge in [-0.05, 0) is 25.8 Å². The Labute approximate surface area is 120 Å². The van der Waals surface area contributed by atoms with Crippen LogP contribution in [0.4, 0.5) is 0 Å². The maximum absolute atomic E-state index is 9.19. The van der Waals surface area contributed by atoms with Crippen molar-refractivity contribution in [2.24, 2.45) is 5.41 Å². The summed E-state index contributed by atoms with van der Waals surface area (Å²) in [6.45, 7) is 4.82. The second kappa shape index (κ2) is 10.7. The van der Waals surface area contributed by atoms with Gasteiger partial charge in [-0.15, -0.1) is 0 Å². The highest BCUT2D eigenvalue weighted by molar-refractivity contribution is 4.94. The van der Waals surface area contributed by atoms with Crippen LogP contribution >= 0.6 is 0 Å². The third kappa shape index (κ3) is 8.65. The molecule has 0 aliphatic heterocycles. The van der Waals surface area contributed by atoms with Gasteiger partial charge < -0.3 is 10.4 Å². The molecule has 0 amide bonds. The summed E-state index contributed by atoms with van der Waals surface area (Å²) in [5.41, 5.74) is 0.276. The number of nitrogens with one attached hydrogen (secondary N) is 1. The molecule has 1 rings (SSSR count). The van der Waals surface area contributed by atoms with Crippen LogP contribution < -0.4 is 5.32 Å². The lowest BCUT2D eigenvalue weighted by molar-refractivity contribution is 0.208. The van der Waals surface area contributed by atoms with Crippen molar-refractivity contribution < 1.29 is 5.11 Å². The summed E-state index contributed by atoms with van der Waals surface area (Å²) >= 11 is 0. The van der Waals surface area contributed by atoms with E-state index in [-0.39, 0.29) is 5.41 Å². The topological polar surface area (TPSA) is 32.3 Å². The Hall–Kier alpha value is -0.0800. The van der Waals surface area contributed by atoms with E-state index in [0.29, 0.717) is 6.61 Å². The van der Waals surface area contributed by atoms with Crippen molar-refractivity contribution in [1.82, 2.24) is 5.32 Å². The third-order valence-electron chi connectivity index (χ3n) is 4.50. The van der Waals surface area contributed by atoms with Crippen molar-refractivity contribution in [3.8, 4) is 0 Å². The minimum absolute atomic E-state index is 0.276. The maximum Gasteiger partial charge on any atom is 0.0499 e. The fraction of sp³-hybridized carbons (Fsp3) is 1.00. The van der Waals surface area contributed by atoms with Crippen LogP contribution in [0.1, 0.15) is 84.0 Å². The minimum atomic E-state index is 0.276. The maximum atomic E-state index is 9.19. The average molecular weight is 269 g/mol. The monoisotopic (exact) mass is 269 g/mol.